The first kappa shape index (κ1) is 52.2. The van der Waals surface area contributed by atoms with Crippen LogP contribution in [0.25, 0.3) is 0 Å². The molecule has 0 aromatic rings. The fourth-order valence-corrected chi connectivity index (χ4v) is 7.52. The van der Waals surface area contributed by atoms with Crippen molar-refractivity contribution in [2.75, 3.05) is 19.8 Å². The topological polar surface area (TPSA) is 151 Å². The quantitative estimate of drug-likeness (QED) is 0.0233. The van der Waals surface area contributed by atoms with Gasteiger partial charge in [-0.3, -0.25) is 13.8 Å². The zero-order chi connectivity index (χ0) is 39.1. The first-order chi connectivity index (χ1) is 25.8. The lowest BCUT2D eigenvalue weighted by Gasteiger charge is -2.24. The zero-order valence-electron chi connectivity index (χ0n) is 34.6. The summed E-state index contributed by atoms with van der Waals surface area (Å²) >= 11 is 0. The molecule has 0 heterocycles. The maximum atomic E-state index is 12.8. The monoisotopic (exact) mass is 775 g/mol. The number of hydrogen-bond acceptors (Lipinski definition) is 7. The van der Waals surface area contributed by atoms with Crippen LogP contribution in [0, 0.1) is 0 Å². The minimum Gasteiger partial charge on any atom is -0.393 e. The molecule has 0 aliphatic rings. The zero-order valence-corrected chi connectivity index (χ0v) is 35.5. The van der Waals surface area contributed by atoms with Crippen LogP contribution in [0.15, 0.2) is 12.2 Å². The van der Waals surface area contributed by atoms with E-state index in [9.17, 15) is 24.5 Å². The van der Waals surface area contributed by atoms with E-state index >= 15 is 0 Å². The Balaban J connectivity index is 4.29. The van der Waals surface area contributed by atoms with Crippen molar-refractivity contribution in [3.63, 3.8) is 0 Å². The van der Waals surface area contributed by atoms with E-state index in [1.54, 1.807) is 6.08 Å². The Labute approximate surface area is 327 Å². The molecule has 4 atom stereocenters. The van der Waals surface area contributed by atoms with Gasteiger partial charge in [0.05, 0.1) is 37.9 Å². The molecule has 0 saturated carbocycles. The van der Waals surface area contributed by atoms with Crippen molar-refractivity contribution >= 4 is 13.7 Å². The Hall–Kier alpha value is -0.800. The van der Waals surface area contributed by atoms with Crippen molar-refractivity contribution in [1.29, 1.82) is 0 Å². The van der Waals surface area contributed by atoms with Gasteiger partial charge in [-0.1, -0.05) is 206 Å². The fraction of sp³-hybridized carbons (Fsp3) is 0.930. The molecule has 1 amide bonds. The van der Waals surface area contributed by atoms with E-state index in [1.165, 1.54) is 154 Å². The molecule has 4 unspecified atom stereocenters. The number of carbonyl (C=O) groups excluding carboxylic acids is 1. The summed E-state index contributed by atoms with van der Waals surface area (Å²) in [5.74, 6) is -0.443. The molecule has 316 valence electrons. The summed E-state index contributed by atoms with van der Waals surface area (Å²) in [7, 11) is -4.39. The normalized spacial score (nSPS) is 14.8. The molecule has 0 spiro atoms. The molecule has 9 nitrogen and oxygen atoms in total. The van der Waals surface area contributed by atoms with Crippen LogP contribution in [-0.2, 0) is 18.4 Å². The molecular formula is C43H87N2O7P. The summed E-state index contributed by atoms with van der Waals surface area (Å²) in [5, 5.41) is 24.0. The summed E-state index contributed by atoms with van der Waals surface area (Å²) in [6, 6.07) is -0.977. The number of hydrogen-bond donors (Lipinski definition) is 5. The Morgan fingerprint density at radius 3 is 1.45 bits per heavy atom. The van der Waals surface area contributed by atoms with Crippen LogP contribution >= 0.6 is 7.82 Å². The third kappa shape index (κ3) is 37.9. The van der Waals surface area contributed by atoms with Gasteiger partial charge in [-0.05, 0) is 19.3 Å². The second-order valence-electron chi connectivity index (χ2n) is 15.5. The molecule has 10 heteroatoms. The van der Waals surface area contributed by atoms with Crippen LogP contribution in [0.3, 0.4) is 0 Å². The Bertz CT molecular complexity index is 862. The number of nitrogens with two attached hydrogens (primary N) is 1. The number of phosphoric ester groups is 1. The lowest BCUT2D eigenvalue weighted by Crippen LogP contribution is -2.46. The summed E-state index contributed by atoms with van der Waals surface area (Å²) in [6.45, 7) is 3.99. The van der Waals surface area contributed by atoms with E-state index in [0.29, 0.717) is 6.42 Å². The molecule has 0 radical (unpaired) electrons. The highest BCUT2D eigenvalue weighted by Crippen LogP contribution is 2.43. The van der Waals surface area contributed by atoms with Crippen molar-refractivity contribution in [2.45, 2.75) is 238 Å². The molecule has 0 bridgehead atoms. The summed E-state index contributed by atoms with van der Waals surface area (Å²) in [5.41, 5.74) is 5.36. The number of rotatable bonds is 42. The van der Waals surface area contributed by atoms with Gasteiger partial charge in [-0.2, -0.15) is 0 Å². The molecule has 0 fully saturated rings. The fourth-order valence-electron chi connectivity index (χ4n) is 6.77. The molecular weight excluding hydrogens is 687 g/mol. The van der Waals surface area contributed by atoms with Crippen LogP contribution < -0.4 is 11.1 Å². The average Bonchev–Trinajstić information content (AvgIpc) is 3.13. The number of unbranched alkanes of at least 4 members (excludes halogenated alkanes) is 28. The van der Waals surface area contributed by atoms with Crippen LogP contribution in [0.4, 0.5) is 0 Å². The lowest BCUT2D eigenvalue weighted by atomic mass is 10.0. The number of aliphatic hydroxyl groups excluding tert-OH is 2. The van der Waals surface area contributed by atoms with Crippen LogP contribution in [0.2, 0.25) is 0 Å². The molecule has 0 aliphatic carbocycles. The van der Waals surface area contributed by atoms with Crippen LogP contribution in [-0.4, -0.2) is 59.0 Å². The van der Waals surface area contributed by atoms with Crippen molar-refractivity contribution in [1.82, 2.24) is 5.32 Å². The lowest BCUT2D eigenvalue weighted by molar-refractivity contribution is -0.124. The Kier molecular flexibility index (Phi) is 38.8. The predicted molar refractivity (Wildman–Crippen MR) is 223 cm³/mol. The molecule has 0 aromatic heterocycles. The largest absolute Gasteiger partial charge is 0.472 e. The second-order valence-corrected chi connectivity index (χ2v) is 16.9. The minimum atomic E-state index is -4.39. The predicted octanol–water partition coefficient (Wildman–Crippen LogP) is 11.4. The molecule has 53 heavy (non-hydrogen) atoms. The third-order valence-electron chi connectivity index (χ3n) is 10.2. The highest BCUT2D eigenvalue weighted by Gasteiger charge is 2.27. The van der Waals surface area contributed by atoms with Gasteiger partial charge in [0.2, 0.25) is 5.91 Å². The number of amides is 1. The second kappa shape index (κ2) is 39.4. The number of phosphoric acid groups is 1. The number of carbonyl (C=O) groups is 1. The third-order valence-corrected chi connectivity index (χ3v) is 11.2. The van der Waals surface area contributed by atoms with Crippen molar-refractivity contribution in [2.24, 2.45) is 5.73 Å². The van der Waals surface area contributed by atoms with Gasteiger partial charge >= 0.3 is 7.82 Å². The standard InChI is InChI=1S/C43H87N2O7P/c1-3-5-7-9-11-13-15-17-18-19-20-21-23-25-27-29-31-33-35-42(47)41(39-52-53(49,50)51-37-36-44)45-43(48)38-40(46)34-32-30-28-26-24-22-16-14-12-10-8-6-4-2/h33,35,40-42,46-47H,3-32,34,36-39,44H2,1-2H3,(H,45,48)(H,49,50)/b35-33+. The maximum absolute atomic E-state index is 12.8. The van der Waals surface area contributed by atoms with Crippen molar-refractivity contribution in [3.05, 3.63) is 12.2 Å². The van der Waals surface area contributed by atoms with Gasteiger partial charge in [0.15, 0.2) is 0 Å². The summed E-state index contributed by atoms with van der Waals surface area (Å²) < 4.78 is 22.1. The minimum absolute atomic E-state index is 0.0515. The average molecular weight is 775 g/mol. The van der Waals surface area contributed by atoms with Gasteiger partial charge in [-0.25, -0.2) is 4.57 Å². The molecule has 6 N–H and O–H groups in total. The summed E-state index contributed by atoms with van der Waals surface area (Å²) in [6.07, 6.45) is 40.1. The van der Waals surface area contributed by atoms with Gasteiger partial charge < -0.3 is 26.2 Å². The smallest absolute Gasteiger partial charge is 0.393 e. The first-order valence-corrected chi connectivity index (χ1v) is 23.9. The number of aliphatic hydroxyl groups is 2. The number of nitrogens with one attached hydrogen (secondary N) is 1. The van der Waals surface area contributed by atoms with E-state index in [4.69, 9.17) is 14.8 Å². The van der Waals surface area contributed by atoms with Gasteiger partial charge in [0.1, 0.15) is 0 Å². The Morgan fingerprint density at radius 2 is 1.04 bits per heavy atom. The molecule has 0 saturated heterocycles. The molecule has 0 aliphatic heterocycles. The van der Waals surface area contributed by atoms with Gasteiger partial charge in [-0.15, -0.1) is 0 Å². The molecule has 0 rings (SSSR count). The highest BCUT2D eigenvalue weighted by molar-refractivity contribution is 7.47. The van der Waals surface area contributed by atoms with Gasteiger partial charge in [0, 0.05) is 6.54 Å². The first-order valence-electron chi connectivity index (χ1n) is 22.4. The SMILES string of the molecule is CCCCCCCCCCCCCCCCCC/C=C/C(O)C(COP(=O)(O)OCCN)NC(=O)CC(O)CCCCCCCCCCCCCCC. The van der Waals surface area contributed by atoms with Crippen molar-refractivity contribution < 1.29 is 33.5 Å². The Morgan fingerprint density at radius 1 is 0.642 bits per heavy atom. The van der Waals surface area contributed by atoms with E-state index in [0.717, 1.165) is 38.5 Å². The van der Waals surface area contributed by atoms with Gasteiger partial charge in [0.25, 0.3) is 0 Å². The molecule has 0 aromatic carbocycles. The van der Waals surface area contributed by atoms with E-state index in [-0.39, 0.29) is 19.6 Å². The number of allylic oxidation sites excluding steroid dienone is 1. The van der Waals surface area contributed by atoms with Crippen molar-refractivity contribution in [3.8, 4) is 0 Å². The van der Waals surface area contributed by atoms with E-state index in [1.807, 2.05) is 6.08 Å². The highest BCUT2D eigenvalue weighted by atomic mass is 31.2. The van der Waals surface area contributed by atoms with E-state index < -0.39 is 38.6 Å². The van der Waals surface area contributed by atoms with Crippen LogP contribution in [0.1, 0.15) is 219 Å². The van der Waals surface area contributed by atoms with E-state index in [2.05, 4.69) is 19.2 Å². The summed E-state index contributed by atoms with van der Waals surface area (Å²) in [4.78, 5) is 22.7. The maximum Gasteiger partial charge on any atom is 0.472 e. The van der Waals surface area contributed by atoms with Crippen LogP contribution in [0.5, 0.6) is 0 Å².